The molecule has 6 rings (SSSR count). The van der Waals surface area contributed by atoms with Crippen molar-refractivity contribution in [2.75, 3.05) is 44.2 Å². The molecule has 2 aliphatic heterocycles. The van der Waals surface area contributed by atoms with Crippen molar-refractivity contribution in [3.05, 3.63) is 23.2 Å². The van der Waals surface area contributed by atoms with Crippen molar-refractivity contribution >= 4 is 44.9 Å². The predicted octanol–water partition coefficient (Wildman–Crippen LogP) is 2.13. The number of amides is 2. The fourth-order valence-electron chi connectivity index (χ4n) is 7.77. The Morgan fingerprint density at radius 2 is 1.77 bits per heavy atom. The van der Waals surface area contributed by atoms with Crippen molar-refractivity contribution in [1.82, 2.24) is 9.80 Å². The highest BCUT2D eigenvalue weighted by molar-refractivity contribution is 7.92. The van der Waals surface area contributed by atoms with Crippen LogP contribution in [0.25, 0.3) is 0 Å². The van der Waals surface area contributed by atoms with Gasteiger partial charge in [0.15, 0.2) is 9.84 Å². The zero-order valence-corrected chi connectivity index (χ0v) is 25.5. The van der Waals surface area contributed by atoms with E-state index >= 15 is 0 Å². The summed E-state index contributed by atoms with van der Waals surface area (Å²) in [4.78, 5) is 44.2. The van der Waals surface area contributed by atoms with Gasteiger partial charge in [0.25, 0.3) is 5.92 Å². The highest BCUT2D eigenvalue weighted by Gasteiger charge is 2.76. The van der Waals surface area contributed by atoms with Crippen molar-refractivity contribution in [2.24, 2.45) is 28.4 Å². The molecule has 238 valence electrons. The summed E-state index contributed by atoms with van der Waals surface area (Å²) >= 11 is 6.56. The fraction of sp³-hybridized carbons (Fsp3) is 0.655. The highest BCUT2D eigenvalue weighted by atomic mass is 35.5. The fourth-order valence-corrected chi connectivity index (χ4v) is 10.2. The number of halogens is 3. The summed E-state index contributed by atoms with van der Waals surface area (Å²) in [5, 5.41) is 18.9. The lowest BCUT2D eigenvalue weighted by Crippen LogP contribution is -2.48. The summed E-state index contributed by atoms with van der Waals surface area (Å²) in [7, 11) is -4.36. The quantitative estimate of drug-likeness (QED) is 0.428. The Morgan fingerprint density at radius 1 is 1.09 bits per heavy atom. The Hall–Kier alpha value is -3.02. The summed E-state index contributed by atoms with van der Waals surface area (Å²) in [5.41, 5.74) is 2.13. The monoisotopic (exact) mass is 653 g/mol. The van der Waals surface area contributed by atoms with E-state index in [0.717, 1.165) is 36.8 Å². The lowest BCUT2D eigenvalue weighted by Gasteiger charge is -2.36. The first-order chi connectivity index (χ1) is 20.7. The Balaban J connectivity index is 1.31. The van der Waals surface area contributed by atoms with Crippen LogP contribution in [0, 0.1) is 34.0 Å². The lowest BCUT2D eigenvalue weighted by molar-refractivity contribution is -0.160. The van der Waals surface area contributed by atoms with Gasteiger partial charge in [0, 0.05) is 56.8 Å². The highest BCUT2D eigenvalue weighted by Crippen LogP contribution is 2.68. The van der Waals surface area contributed by atoms with Gasteiger partial charge in [-0.3, -0.25) is 19.3 Å². The molecule has 2 saturated heterocycles. The summed E-state index contributed by atoms with van der Waals surface area (Å²) in [6, 6.07) is 7.01. The normalized spacial score (nSPS) is 33.6. The summed E-state index contributed by atoms with van der Waals surface area (Å²) < 4.78 is 56.3. The predicted molar refractivity (Wildman–Crippen MR) is 154 cm³/mol. The number of anilines is 1. The van der Waals surface area contributed by atoms with Crippen LogP contribution in [0.2, 0.25) is 5.02 Å². The molecule has 0 spiro atoms. The second-order valence-electron chi connectivity index (χ2n) is 12.9. The van der Waals surface area contributed by atoms with E-state index < -0.39 is 87.3 Å². The third kappa shape index (κ3) is 4.91. The van der Waals surface area contributed by atoms with E-state index in [0.29, 0.717) is 6.04 Å². The number of carbonyl (C=O) groups is 3. The number of benzene rings is 1. The Kier molecular flexibility index (Phi) is 7.41. The van der Waals surface area contributed by atoms with Crippen LogP contribution >= 0.6 is 11.6 Å². The maximum atomic E-state index is 14.1. The maximum absolute atomic E-state index is 14.1. The number of alkyl halides is 2. The Bertz CT molecular complexity index is 1560. The van der Waals surface area contributed by atoms with Crippen molar-refractivity contribution in [1.29, 1.82) is 5.26 Å². The number of carboxylic acids is 1. The van der Waals surface area contributed by atoms with Gasteiger partial charge < -0.3 is 20.6 Å². The molecule has 5 atom stereocenters. The number of likely N-dealkylation sites (tertiary alicyclic amines) is 1. The number of aliphatic carboxylic acids is 1. The van der Waals surface area contributed by atoms with Gasteiger partial charge >= 0.3 is 5.97 Å². The molecule has 2 unspecified atom stereocenters. The molecule has 0 aromatic heterocycles. The van der Waals surface area contributed by atoms with E-state index in [4.69, 9.17) is 17.3 Å². The van der Waals surface area contributed by atoms with Crippen molar-refractivity contribution in [2.45, 2.75) is 60.6 Å². The van der Waals surface area contributed by atoms with Crippen LogP contribution in [0.3, 0.4) is 0 Å². The first kappa shape index (κ1) is 31.0. The standard InChI is InChI=1S/C29H34ClF2N5O6S/c30-21-11-18(36-9-7-35(8-10-36)17-1-2-17)3-4-22(21)44(42,43)19-12-20(24(38)37-6-5-28(31,32)16-37)29(13-19,26(40)41)23-14-27(23,15-33)25(34)39/h3-4,11,17,19-20,23H,1-2,5-10,12-14,16H2,(H2,34,39)(H,40,41)/t19-,20+,23?,27?,29+/m1/s1. The van der Waals surface area contributed by atoms with Crippen molar-refractivity contribution in [3.8, 4) is 6.07 Å². The third-order valence-corrected chi connectivity index (χ3v) is 13.1. The summed E-state index contributed by atoms with van der Waals surface area (Å²) in [5.74, 6) is -9.60. The van der Waals surface area contributed by atoms with Crippen molar-refractivity contribution < 1.29 is 36.7 Å². The first-order valence-corrected chi connectivity index (χ1v) is 16.7. The van der Waals surface area contributed by atoms with Crippen LogP contribution in [-0.4, -0.2) is 97.6 Å². The van der Waals surface area contributed by atoms with Crippen LogP contribution < -0.4 is 10.6 Å². The number of rotatable bonds is 8. The van der Waals surface area contributed by atoms with Crippen LogP contribution in [0.4, 0.5) is 14.5 Å². The zero-order chi connectivity index (χ0) is 31.8. The summed E-state index contributed by atoms with van der Waals surface area (Å²) in [6.45, 7) is 2.02. The van der Waals surface area contributed by atoms with Gasteiger partial charge in [-0.2, -0.15) is 5.26 Å². The SMILES string of the molecule is N#CC1(C(N)=O)CC1[C@]1(C(=O)O)C[C@H](S(=O)(=O)c2ccc(N3CCN(C4CC4)CC3)cc2Cl)C[C@H]1C(=O)N1CCC(F)(F)C1. The number of nitrogens with zero attached hydrogens (tertiary/aromatic N) is 4. The van der Waals surface area contributed by atoms with Gasteiger partial charge in [-0.05, 0) is 50.3 Å². The molecule has 0 bridgehead atoms. The number of carbonyl (C=O) groups excluding carboxylic acids is 2. The molecule has 5 aliphatic rings. The molecular formula is C29H34ClF2N5O6S. The van der Waals surface area contributed by atoms with E-state index in [1.54, 1.807) is 18.2 Å². The first-order valence-electron chi connectivity index (χ1n) is 14.8. The van der Waals surface area contributed by atoms with E-state index in [1.165, 1.54) is 18.9 Å². The number of nitriles is 1. The molecule has 3 aliphatic carbocycles. The minimum absolute atomic E-state index is 0.0584. The smallest absolute Gasteiger partial charge is 0.310 e. The van der Waals surface area contributed by atoms with Crippen LogP contribution in [0.15, 0.2) is 23.1 Å². The van der Waals surface area contributed by atoms with Gasteiger partial charge in [-0.1, -0.05) is 11.6 Å². The van der Waals surface area contributed by atoms with Crippen LogP contribution in [-0.2, 0) is 24.2 Å². The maximum Gasteiger partial charge on any atom is 0.310 e. The average molecular weight is 654 g/mol. The third-order valence-electron chi connectivity index (χ3n) is 10.5. The number of hydrogen-bond acceptors (Lipinski definition) is 8. The molecule has 2 amide bonds. The number of nitrogens with two attached hydrogens (primary N) is 1. The molecule has 15 heteroatoms. The Labute approximate surface area is 258 Å². The Morgan fingerprint density at radius 3 is 2.27 bits per heavy atom. The van der Waals surface area contributed by atoms with Crippen LogP contribution in [0.5, 0.6) is 0 Å². The summed E-state index contributed by atoms with van der Waals surface area (Å²) in [6.07, 6.45) is 0.432. The molecule has 3 N–H and O–H groups in total. The minimum atomic E-state index is -4.36. The van der Waals surface area contributed by atoms with E-state index in [-0.39, 0.29) is 22.9 Å². The minimum Gasteiger partial charge on any atom is -0.481 e. The molecule has 1 aromatic carbocycles. The molecule has 3 saturated carbocycles. The van der Waals surface area contributed by atoms with Crippen molar-refractivity contribution in [3.63, 3.8) is 0 Å². The second kappa shape index (κ2) is 10.5. The number of primary amides is 1. The number of sulfone groups is 1. The topological polar surface area (TPSA) is 165 Å². The molecular weight excluding hydrogens is 620 g/mol. The van der Waals surface area contributed by atoms with E-state index in [1.807, 2.05) is 0 Å². The van der Waals surface area contributed by atoms with Gasteiger partial charge in [-0.25, -0.2) is 17.2 Å². The van der Waals surface area contributed by atoms with E-state index in [9.17, 15) is 42.0 Å². The van der Waals surface area contributed by atoms with Gasteiger partial charge in [0.05, 0.1) is 39.1 Å². The molecule has 5 fully saturated rings. The number of carboxylic acid groups (broad SMARTS) is 1. The largest absolute Gasteiger partial charge is 0.481 e. The van der Waals surface area contributed by atoms with Gasteiger partial charge in [0.1, 0.15) is 5.41 Å². The second-order valence-corrected chi connectivity index (χ2v) is 15.5. The molecule has 2 heterocycles. The number of piperazine rings is 1. The lowest BCUT2D eigenvalue weighted by atomic mass is 9.70. The van der Waals surface area contributed by atoms with E-state index in [2.05, 4.69) is 9.80 Å². The zero-order valence-electron chi connectivity index (χ0n) is 23.9. The average Bonchev–Trinajstić information content (AvgIpc) is 3.89. The molecule has 1 aromatic rings. The number of hydrogen-bond donors (Lipinski definition) is 2. The molecule has 0 radical (unpaired) electrons. The molecule has 44 heavy (non-hydrogen) atoms. The molecule has 11 nitrogen and oxygen atoms in total. The van der Waals surface area contributed by atoms with Gasteiger partial charge in [0.2, 0.25) is 11.8 Å². The van der Waals surface area contributed by atoms with Crippen LogP contribution in [0.1, 0.15) is 38.5 Å². The van der Waals surface area contributed by atoms with Gasteiger partial charge in [-0.15, -0.1) is 0 Å².